The van der Waals surface area contributed by atoms with Crippen LogP contribution in [0.1, 0.15) is 0 Å². The molecule has 0 aromatic heterocycles. The molecule has 2 aliphatic rings. The summed E-state index contributed by atoms with van der Waals surface area (Å²) in [6.45, 7) is 0. The van der Waals surface area contributed by atoms with Gasteiger partial charge in [-0.2, -0.15) is 0 Å². The Kier molecular flexibility index (Phi) is 6.22. The first-order valence-electron chi connectivity index (χ1n) is 17.6. The molecule has 2 heterocycles. The van der Waals surface area contributed by atoms with Crippen LogP contribution in [-0.2, 0) is 0 Å². The number of para-hydroxylation sites is 1. The maximum atomic E-state index is 6.83. The molecule has 0 spiro atoms. The van der Waals surface area contributed by atoms with E-state index in [0.717, 1.165) is 84.4 Å². The second kappa shape index (κ2) is 11.2. The van der Waals surface area contributed by atoms with E-state index in [1.165, 1.54) is 16.2 Å². The molecular weight excluding hydrogens is 637 g/mol. The zero-order valence-electron chi connectivity index (χ0n) is 28.0. The normalized spacial score (nSPS) is 12.8. The van der Waals surface area contributed by atoms with Gasteiger partial charge >= 0.3 is 0 Å². The molecule has 244 valence electrons. The van der Waals surface area contributed by atoms with Gasteiger partial charge in [-0.15, -0.1) is 0 Å². The van der Waals surface area contributed by atoms with E-state index in [9.17, 15) is 0 Å². The van der Waals surface area contributed by atoms with E-state index in [1.54, 1.807) is 0 Å². The van der Waals surface area contributed by atoms with Gasteiger partial charge in [0.1, 0.15) is 0 Å². The van der Waals surface area contributed by atoms with Crippen molar-refractivity contribution in [1.29, 1.82) is 0 Å². The molecule has 4 nitrogen and oxygen atoms in total. The summed E-state index contributed by atoms with van der Waals surface area (Å²) in [6.07, 6.45) is 0. The molecule has 0 unspecified atom stereocenters. The van der Waals surface area contributed by atoms with Crippen molar-refractivity contribution < 1.29 is 9.47 Å². The molecule has 52 heavy (non-hydrogen) atoms. The summed E-state index contributed by atoms with van der Waals surface area (Å²) >= 11 is 0. The molecule has 4 heteroatoms. The summed E-state index contributed by atoms with van der Waals surface area (Å²) in [4.78, 5) is 4.62. The highest BCUT2D eigenvalue weighted by Crippen LogP contribution is 2.55. The van der Waals surface area contributed by atoms with Crippen molar-refractivity contribution in [2.75, 3.05) is 9.80 Å². The van der Waals surface area contributed by atoms with Crippen LogP contribution < -0.4 is 19.3 Å². The van der Waals surface area contributed by atoms with Crippen molar-refractivity contribution in [3.8, 4) is 34.1 Å². The Morgan fingerprint density at radius 2 is 0.846 bits per heavy atom. The highest BCUT2D eigenvalue weighted by Gasteiger charge is 2.30. The van der Waals surface area contributed by atoms with Gasteiger partial charge in [-0.25, -0.2) is 0 Å². The van der Waals surface area contributed by atoms with Crippen molar-refractivity contribution in [2.24, 2.45) is 0 Å². The van der Waals surface area contributed by atoms with Crippen LogP contribution in [0.2, 0.25) is 0 Å². The zero-order valence-corrected chi connectivity index (χ0v) is 28.0. The van der Waals surface area contributed by atoms with Crippen molar-refractivity contribution in [3.05, 3.63) is 182 Å². The second-order valence-corrected chi connectivity index (χ2v) is 13.4. The standard InChI is InChI=1S/C48H30N2O2/c1-2-15-38(16-3-1)49-42-24-21-37(30-46(42)52-48-40-17-9-8-11-32(40)19-25-43(48)49)36-20-23-41-45(29-36)51-47-28-35-14-7-6-13-34(35)27-44(47)50(41)39-22-18-31-10-4-5-12-33(31)26-39/h1-30H. The lowest BCUT2D eigenvalue weighted by molar-refractivity contribution is 0.478. The molecule has 0 bridgehead atoms. The number of benzene rings is 9. The topological polar surface area (TPSA) is 24.9 Å². The molecule has 2 aliphatic heterocycles. The first-order chi connectivity index (χ1) is 25.7. The molecule has 0 radical (unpaired) electrons. The van der Waals surface area contributed by atoms with Crippen LogP contribution in [0.5, 0.6) is 23.0 Å². The SMILES string of the molecule is c1ccc(N2c3ccc(-c4ccc5c(c4)Oc4cc6ccccc6cc4N5c4ccc5ccccc5c4)cc3Oc3c2ccc2ccccc32)cc1. The minimum absolute atomic E-state index is 0.800. The molecule has 0 amide bonds. The van der Waals surface area contributed by atoms with Crippen LogP contribution >= 0.6 is 0 Å². The number of anilines is 6. The molecule has 0 aliphatic carbocycles. The van der Waals surface area contributed by atoms with Gasteiger partial charge in [0, 0.05) is 16.8 Å². The van der Waals surface area contributed by atoms with E-state index in [2.05, 4.69) is 192 Å². The number of hydrogen-bond donors (Lipinski definition) is 0. The lowest BCUT2D eigenvalue weighted by Gasteiger charge is -2.34. The van der Waals surface area contributed by atoms with Crippen LogP contribution in [-0.4, -0.2) is 0 Å². The van der Waals surface area contributed by atoms with Crippen LogP contribution in [0, 0.1) is 0 Å². The lowest BCUT2D eigenvalue weighted by atomic mass is 9.99. The Balaban J connectivity index is 1.05. The third-order valence-corrected chi connectivity index (χ3v) is 10.3. The maximum Gasteiger partial charge on any atom is 0.159 e. The lowest BCUT2D eigenvalue weighted by Crippen LogP contribution is -2.16. The Labute approximate surface area is 300 Å². The summed E-state index contributed by atoms with van der Waals surface area (Å²) in [7, 11) is 0. The maximum absolute atomic E-state index is 6.83. The van der Waals surface area contributed by atoms with Gasteiger partial charge in [0.2, 0.25) is 0 Å². The molecule has 9 aromatic rings. The Hall–Kier alpha value is -7.04. The number of fused-ring (bicyclic) bond motifs is 8. The third-order valence-electron chi connectivity index (χ3n) is 10.3. The van der Waals surface area contributed by atoms with Gasteiger partial charge in [0.05, 0.1) is 22.7 Å². The highest BCUT2D eigenvalue weighted by molar-refractivity contribution is 6.01. The molecular formula is C48H30N2O2. The van der Waals surface area contributed by atoms with Gasteiger partial charge in [-0.1, -0.05) is 115 Å². The van der Waals surface area contributed by atoms with Gasteiger partial charge < -0.3 is 19.3 Å². The van der Waals surface area contributed by atoms with Crippen molar-refractivity contribution >= 4 is 66.4 Å². The summed E-state index contributed by atoms with van der Waals surface area (Å²) in [6, 6.07) is 64.2. The predicted molar refractivity (Wildman–Crippen MR) is 214 cm³/mol. The van der Waals surface area contributed by atoms with Gasteiger partial charge in [0.25, 0.3) is 0 Å². The monoisotopic (exact) mass is 666 g/mol. The van der Waals surface area contributed by atoms with E-state index in [-0.39, 0.29) is 0 Å². The smallest absolute Gasteiger partial charge is 0.159 e. The average Bonchev–Trinajstić information content (AvgIpc) is 3.21. The fourth-order valence-corrected chi connectivity index (χ4v) is 7.84. The van der Waals surface area contributed by atoms with Gasteiger partial charge in [0.15, 0.2) is 23.0 Å². The van der Waals surface area contributed by atoms with Crippen LogP contribution in [0.25, 0.3) is 43.4 Å². The van der Waals surface area contributed by atoms with Gasteiger partial charge in [-0.3, -0.25) is 0 Å². The minimum atomic E-state index is 0.800. The van der Waals surface area contributed by atoms with E-state index >= 15 is 0 Å². The van der Waals surface area contributed by atoms with Crippen molar-refractivity contribution in [2.45, 2.75) is 0 Å². The summed E-state index contributed by atoms with van der Waals surface area (Å²) in [5.74, 6) is 3.29. The molecule has 0 fully saturated rings. The summed E-state index contributed by atoms with van der Waals surface area (Å²) in [5, 5.41) is 6.94. The van der Waals surface area contributed by atoms with E-state index in [0.29, 0.717) is 0 Å². The number of hydrogen-bond acceptors (Lipinski definition) is 4. The fourth-order valence-electron chi connectivity index (χ4n) is 7.84. The summed E-state index contributed by atoms with van der Waals surface area (Å²) in [5.41, 5.74) is 8.28. The van der Waals surface area contributed by atoms with Crippen LogP contribution in [0.4, 0.5) is 34.1 Å². The molecule has 11 rings (SSSR count). The molecule has 0 saturated carbocycles. The minimum Gasteiger partial charge on any atom is -0.453 e. The first-order valence-corrected chi connectivity index (χ1v) is 17.6. The zero-order chi connectivity index (χ0) is 34.2. The number of ether oxygens (including phenoxy) is 2. The molecule has 0 N–H and O–H groups in total. The largest absolute Gasteiger partial charge is 0.453 e. The van der Waals surface area contributed by atoms with Crippen molar-refractivity contribution in [3.63, 3.8) is 0 Å². The van der Waals surface area contributed by atoms with Gasteiger partial charge in [-0.05, 0) is 105 Å². The number of nitrogens with zero attached hydrogens (tertiary/aromatic N) is 2. The molecule has 0 atom stereocenters. The van der Waals surface area contributed by atoms with E-state index in [4.69, 9.17) is 9.47 Å². The van der Waals surface area contributed by atoms with E-state index < -0.39 is 0 Å². The average molecular weight is 667 g/mol. The fraction of sp³-hybridized carbons (Fsp3) is 0. The molecule has 9 aromatic carbocycles. The predicted octanol–water partition coefficient (Wildman–Crippen LogP) is 14.0. The second-order valence-electron chi connectivity index (χ2n) is 13.4. The highest BCUT2D eigenvalue weighted by atomic mass is 16.5. The quantitative estimate of drug-likeness (QED) is 0.187. The van der Waals surface area contributed by atoms with Crippen LogP contribution in [0.15, 0.2) is 182 Å². The summed E-state index contributed by atoms with van der Waals surface area (Å²) < 4.78 is 13.6. The van der Waals surface area contributed by atoms with Crippen molar-refractivity contribution in [1.82, 2.24) is 0 Å². The molecule has 0 saturated heterocycles. The first kappa shape index (κ1) is 28.8. The van der Waals surface area contributed by atoms with Crippen LogP contribution in [0.3, 0.4) is 0 Å². The Bertz CT molecular complexity index is 2880. The Morgan fingerprint density at radius 1 is 0.308 bits per heavy atom. The third kappa shape index (κ3) is 4.48. The number of rotatable bonds is 3. The van der Waals surface area contributed by atoms with E-state index in [1.807, 2.05) is 0 Å². The Morgan fingerprint density at radius 3 is 1.60 bits per heavy atom.